The lowest BCUT2D eigenvalue weighted by atomic mass is 10.5. The molecule has 0 atom stereocenters. The molecule has 0 spiro atoms. The van der Waals surface area contributed by atoms with Gasteiger partial charge in [0.15, 0.2) is 4.34 Å². The fourth-order valence-corrected chi connectivity index (χ4v) is 3.19. The largest absolute Gasteiger partial charge is 0.378 e. The lowest BCUT2D eigenvalue weighted by Gasteiger charge is -2.25. The Balaban J connectivity index is 1.80. The summed E-state index contributed by atoms with van der Waals surface area (Å²) in [4.78, 5) is 13.5. The van der Waals surface area contributed by atoms with E-state index in [1.807, 2.05) is 0 Å². The van der Waals surface area contributed by atoms with Gasteiger partial charge in [-0.2, -0.15) is 0 Å². The number of anilines is 1. The van der Waals surface area contributed by atoms with Crippen LogP contribution in [0.2, 0.25) is 0 Å². The zero-order valence-electron chi connectivity index (χ0n) is 10.3. The number of carbonyl (C=O) groups excluding carboxylic acids is 1. The van der Waals surface area contributed by atoms with E-state index in [9.17, 15) is 4.79 Å². The van der Waals surface area contributed by atoms with E-state index in [2.05, 4.69) is 26.3 Å². The number of hydrogen-bond donors (Lipinski definition) is 1. The number of terminal acetylenes is 1. The fourth-order valence-electron chi connectivity index (χ4n) is 1.47. The second-order valence-electron chi connectivity index (χ2n) is 3.72. The summed E-state index contributed by atoms with van der Waals surface area (Å²) in [5.41, 5.74) is 0. The van der Waals surface area contributed by atoms with Crippen LogP contribution in [0.3, 0.4) is 0 Å². The van der Waals surface area contributed by atoms with Crippen molar-refractivity contribution in [2.75, 3.05) is 43.5 Å². The van der Waals surface area contributed by atoms with Gasteiger partial charge in [0.1, 0.15) is 0 Å². The van der Waals surface area contributed by atoms with Crippen molar-refractivity contribution in [2.24, 2.45) is 0 Å². The summed E-state index contributed by atoms with van der Waals surface area (Å²) in [6.07, 6.45) is 5.06. The molecule has 0 saturated carbocycles. The van der Waals surface area contributed by atoms with Crippen molar-refractivity contribution in [3.63, 3.8) is 0 Å². The van der Waals surface area contributed by atoms with Crippen LogP contribution in [-0.4, -0.2) is 54.7 Å². The molecule has 1 aromatic heterocycles. The number of aromatic nitrogens is 2. The highest BCUT2D eigenvalue weighted by atomic mass is 32.2. The molecule has 1 saturated heterocycles. The van der Waals surface area contributed by atoms with Crippen LogP contribution in [0.15, 0.2) is 4.34 Å². The molecule has 1 aliphatic rings. The van der Waals surface area contributed by atoms with E-state index in [1.165, 1.54) is 23.1 Å². The highest BCUT2D eigenvalue weighted by molar-refractivity contribution is 8.01. The van der Waals surface area contributed by atoms with Crippen LogP contribution in [0, 0.1) is 12.3 Å². The van der Waals surface area contributed by atoms with E-state index in [-0.39, 0.29) is 12.5 Å². The summed E-state index contributed by atoms with van der Waals surface area (Å²) in [6, 6.07) is 0. The third kappa shape index (κ3) is 4.38. The first-order valence-corrected chi connectivity index (χ1v) is 7.59. The first kappa shape index (κ1) is 14.1. The van der Waals surface area contributed by atoms with Crippen LogP contribution in [-0.2, 0) is 9.53 Å². The van der Waals surface area contributed by atoms with Gasteiger partial charge in [0, 0.05) is 13.1 Å². The predicted octanol–water partition coefficient (Wildman–Crippen LogP) is 0.216. The average molecular weight is 298 g/mol. The van der Waals surface area contributed by atoms with Gasteiger partial charge < -0.3 is 15.0 Å². The molecule has 1 aliphatic heterocycles. The highest BCUT2D eigenvalue weighted by Crippen LogP contribution is 2.28. The number of ether oxygens (including phenoxy) is 1. The SMILES string of the molecule is C#CCNC(=O)CSc1nnc(N2CCOCC2)s1. The molecule has 0 radical (unpaired) electrons. The van der Waals surface area contributed by atoms with Crippen molar-refractivity contribution < 1.29 is 9.53 Å². The standard InChI is InChI=1S/C11H14N4O2S2/c1-2-3-12-9(16)8-18-11-14-13-10(19-11)15-4-6-17-7-5-15/h1H,3-8H2,(H,12,16). The summed E-state index contributed by atoms with van der Waals surface area (Å²) in [7, 11) is 0. The Hall–Kier alpha value is -1.30. The lowest BCUT2D eigenvalue weighted by Crippen LogP contribution is -2.36. The predicted molar refractivity (Wildman–Crippen MR) is 75.5 cm³/mol. The van der Waals surface area contributed by atoms with Gasteiger partial charge in [0.05, 0.1) is 25.5 Å². The molecule has 6 nitrogen and oxygen atoms in total. The van der Waals surface area contributed by atoms with Gasteiger partial charge in [-0.25, -0.2) is 0 Å². The summed E-state index contributed by atoms with van der Waals surface area (Å²) in [5, 5.41) is 11.7. The molecule has 0 aliphatic carbocycles. The molecule has 2 heterocycles. The van der Waals surface area contributed by atoms with Gasteiger partial charge in [-0.15, -0.1) is 16.6 Å². The summed E-state index contributed by atoms with van der Waals surface area (Å²) >= 11 is 2.87. The highest BCUT2D eigenvalue weighted by Gasteiger charge is 2.16. The van der Waals surface area contributed by atoms with E-state index >= 15 is 0 Å². The number of carbonyl (C=O) groups is 1. The normalized spacial score (nSPS) is 15.0. The first-order valence-electron chi connectivity index (χ1n) is 5.79. The number of thioether (sulfide) groups is 1. The van der Waals surface area contributed by atoms with Gasteiger partial charge in [-0.05, 0) is 0 Å². The van der Waals surface area contributed by atoms with Crippen molar-refractivity contribution in [1.29, 1.82) is 0 Å². The molecule has 19 heavy (non-hydrogen) atoms. The first-order chi connectivity index (χ1) is 9.29. The fraction of sp³-hybridized carbons (Fsp3) is 0.545. The van der Waals surface area contributed by atoms with E-state index in [1.54, 1.807) is 0 Å². The Kier molecular flexibility index (Phi) is 5.44. The second kappa shape index (κ2) is 7.33. The summed E-state index contributed by atoms with van der Waals surface area (Å²) < 4.78 is 6.07. The molecular formula is C11H14N4O2S2. The molecule has 0 bridgehead atoms. The van der Waals surface area contributed by atoms with Gasteiger partial charge in [-0.3, -0.25) is 4.79 Å². The zero-order valence-corrected chi connectivity index (χ0v) is 11.9. The number of hydrogen-bond acceptors (Lipinski definition) is 7. The summed E-state index contributed by atoms with van der Waals surface area (Å²) in [6.45, 7) is 3.37. The van der Waals surface area contributed by atoms with E-state index in [0.29, 0.717) is 5.75 Å². The molecule has 2 rings (SSSR count). The van der Waals surface area contributed by atoms with Crippen LogP contribution >= 0.6 is 23.1 Å². The van der Waals surface area contributed by atoms with Crippen molar-refractivity contribution >= 4 is 34.1 Å². The van der Waals surface area contributed by atoms with Crippen molar-refractivity contribution in [2.45, 2.75) is 4.34 Å². The smallest absolute Gasteiger partial charge is 0.231 e. The monoisotopic (exact) mass is 298 g/mol. The molecule has 102 valence electrons. The molecule has 0 unspecified atom stereocenters. The molecule has 1 aromatic rings. The Morgan fingerprint density at radius 1 is 1.53 bits per heavy atom. The van der Waals surface area contributed by atoms with Gasteiger partial charge in [0.25, 0.3) is 0 Å². The molecular weight excluding hydrogens is 284 g/mol. The quantitative estimate of drug-likeness (QED) is 0.619. The Morgan fingerprint density at radius 2 is 2.32 bits per heavy atom. The van der Waals surface area contributed by atoms with Crippen LogP contribution in [0.4, 0.5) is 5.13 Å². The minimum Gasteiger partial charge on any atom is -0.378 e. The average Bonchev–Trinajstić information content (AvgIpc) is 2.93. The van der Waals surface area contributed by atoms with Crippen LogP contribution in [0.1, 0.15) is 0 Å². The Bertz CT molecular complexity index is 466. The minimum atomic E-state index is -0.0916. The van der Waals surface area contributed by atoms with E-state index < -0.39 is 0 Å². The Morgan fingerprint density at radius 3 is 3.05 bits per heavy atom. The molecule has 1 N–H and O–H groups in total. The number of nitrogens with one attached hydrogen (secondary N) is 1. The lowest BCUT2D eigenvalue weighted by molar-refractivity contribution is -0.118. The van der Waals surface area contributed by atoms with Gasteiger partial charge in [0.2, 0.25) is 11.0 Å². The maximum Gasteiger partial charge on any atom is 0.231 e. The van der Waals surface area contributed by atoms with Crippen LogP contribution in [0.5, 0.6) is 0 Å². The summed E-state index contributed by atoms with van der Waals surface area (Å²) in [5.74, 6) is 2.57. The van der Waals surface area contributed by atoms with Crippen LogP contribution < -0.4 is 10.2 Å². The maximum atomic E-state index is 11.4. The number of rotatable bonds is 5. The number of nitrogens with zero attached hydrogens (tertiary/aromatic N) is 3. The molecule has 0 aromatic carbocycles. The number of amides is 1. The van der Waals surface area contributed by atoms with Gasteiger partial charge in [-0.1, -0.05) is 29.0 Å². The van der Waals surface area contributed by atoms with E-state index in [4.69, 9.17) is 11.2 Å². The van der Waals surface area contributed by atoms with Crippen molar-refractivity contribution in [3.8, 4) is 12.3 Å². The topological polar surface area (TPSA) is 67.4 Å². The zero-order chi connectivity index (χ0) is 13.5. The van der Waals surface area contributed by atoms with Crippen LogP contribution in [0.25, 0.3) is 0 Å². The third-order valence-corrected chi connectivity index (χ3v) is 4.51. The molecule has 8 heteroatoms. The molecule has 1 amide bonds. The van der Waals surface area contributed by atoms with Gasteiger partial charge >= 0.3 is 0 Å². The Labute approximate surface area is 119 Å². The number of morpholine rings is 1. The van der Waals surface area contributed by atoms with Crippen molar-refractivity contribution in [3.05, 3.63) is 0 Å². The van der Waals surface area contributed by atoms with E-state index in [0.717, 1.165) is 35.8 Å². The third-order valence-electron chi connectivity index (χ3n) is 2.39. The second-order valence-corrected chi connectivity index (χ2v) is 5.90. The maximum absolute atomic E-state index is 11.4. The minimum absolute atomic E-state index is 0.0916. The molecule has 1 fully saturated rings. The van der Waals surface area contributed by atoms with Crippen molar-refractivity contribution in [1.82, 2.24) is 15.5 Å².